The number of rotatable bonds is 6. The summed E-state index contributed by atoms with van der Waals surface area (Å²) < 4.78 is 5.59. The van der Waals surface area contributed by atoms with E-state index < -0.39 is 5.38 Å². The highest BCUT2D eigenvalue weighted by Crippen LogP contribution is 2.27. The van der Waals surface area contributed by atoms with Gasteiger partial charge in [-0.15, -0.1) is 11.6 Å². The van der Waals surface area contributed by atoms with Crippen LogP contribution in [0.25, 0.3) is 0 Å². The Morgan fingerprint density at radius 1 is 1.26 bits per heavy atom. The molecule has 2 fully saturated rings. The fraction of sp³-hybridized carbons (Fsp3) is 0.600. The lowest BCUT2D eigenvalue weighted by molar-refractivity contribution is -0.115. The van der Waals surface area contributed by atoms with Crippen LogP contribution in [0.4, 0.5) is 11.4 Å². The molecule has 2 atom stereocenters. The molecule has 0 aromatic heterocycles. The molecule has 27 heavy (non-hydrogen) atoms. The van der Waals surface area contributed by atoms with Crippen LogP contribution < -0.4 is 15.5 Å². The summed E-state index contributed by atoms with van der Waals surface area (Å²) in [5, 5.41) is 5.13. The third-order valence-corrected chi connectivity index (χ3v) is 5.28. The predicted molar refractivity (Wildman–Crippen MR) is 108 cm³/mol. The highest BCUT2D eigenvalue weighted by molar-refractivity contribution is 6.32. The van der Waals surface area contributed by atoms with Crippen LogP contribution in [-0.2, 0) is 9.53 Å². The summed E-state index contributed by atoms with van der Waals surface area (Å²) >= 11 is 5.84. The van der Waals surface area contributed by atoms with Crippen molar-refractivity contribution in [1.82, 2.24) is 5.32 Å². The Kier molecular flexibility index (Phi) is 6.96. The molecule has 2 amide bonds. The van der Waals surface area contributed by atoms with Crippen molar-refractivity contribution in [3.8, 4) is 0 Å². The summed E-state index contributed by atoms with van der Waals surface area (Å²) in [6.07, 6.45) is 5.57. The minimum atomic E-state index is -0.636. The van der Waals surface area contributed by atoms with E-state index >= 15 is 0 Å². The molecule has 0 aliphatic carbocycles. The Hall–Kier alpha value is -1.79. The van der Waals surface area contributed by atoms with Crippen molar-refractivity contribution in [2.45, 2.75) is 50.5 Å². The number of alkyl halides is 1. The largest absolute Gasteiger partial charge is 0.376 e. The molecule has 1 aromatic rings. The number of benzene rings is 1. The molecule has 148 valence electrons. The highest BCUT2D eigenvalue weighted by Gasteiger charge is 2.22. The first-order valence-corrected chi connectivity index (χ1v) is 10.2. The van der Waals surface area contributed by atoms with Crippen molar-refractivity contribution in [3.63, 3.8) is 0 Å². The number of amides is 2. The van der Waals surface area contributed by atoms with Gasteiger partial charge in [0.1, 0.15) is 5.38 Å². The van der Waals surface area contributed by atoms with Gasteiger partial charge in [0.05, 0.1) is 11.7 Å². The zero-order valence-corrected chi connectivity index (χ0v) is 16.6. The highest BCUT2D eigenvalue weighted by atomic mass is 35.5. The molecular weight excluding hydrogens is 366 g/mol. The van der Waals surface area contributed by atoms with Crippen LogP contribution in [0, 0.1) is 0 Å². The van der Waals surface area contributed by atoms with Crippen molar-refractivity contribution in [2.75, 3.05) is 36.5 Å². The first kappa shape index (κ1) is 20.0. The zero-order chi connectivity index (χ0) is 19.2. The number of anilines is 2. The average Bonchev–Trinajstić information content (AvgIpc) is 3.20. The first-order chi connectivity index (χ1) is 13.0. The van der Waals surface area contributed by atoms with E-state index in [1.807, 2.05) is 12.1 Å². The molecule has 1 aromatic carbocycles. The Bertz CT molecular complexity index is 668. The molecule has 2 saturated heterocycles. The normalized spacial score (nSPS) is 21.0. The number of halogens is 1. The maximum absolute atomic E-state index is 12.9. The maximum Gasteiger partial charge on any atom is 0.253 e. The van der Waals surface area contributed by atoms with E-state index in [1.165, 1.54) is 6.42 Å². The Morgan fingerprint density at radius 2 is 2.04 bits per heavy atom. The van der Waals surface area contributed by atoms with Crippen LogP contribution in [0.2, 0.25) is 0 Å². The summed E-state index contributed by atoms with van der Waals surface area (Å²) in [6.45, 7) is 4.77. The number of nitrogens with one attached hydrogen (secondary N) is 2. The van der Waals surface area contributed by atoms with Gasteiger partial charge in [-0.3, -0.25) is 9.59 Å². The smallest absolute Gasteiger partial charge is 0.253 e. The summed E-state index contributed by atoms with van der Waals surface area (Å²) in [4.78, 5) is 27.1. The first-order valence-electron chi connectivity index (χ1n) is 9.78. The van der Waals surface area contributed by atoms with Crippen molar-refractivity contribution in [1.29, 1.82) is 0 Å². The second-order valence-electron chi connectivity index (χ2n) is 7.23. The molecule has 6 nitrogen and oxygen atoms in total. The lowest BCUT2D eigenvalue weighted by atomic mass is 10.1. The lowest BCUT2D eigenvalue weighted by Crippen LogP contribution is -2.35. The summed E-state index contributed by atoms with van der Waals surface area (Å²) in [7, 11) is 0. The topological polar surface area (TPSA) is 70.7 Å². The van der Waals surface area contributed by atoms with E-state index in [0.29, 0.717) is 17.8 Å². The van der Waals surface area contributed by atoms with E-state index in [1.54, 1.807) is 13.0 Å². The Balaban J connectivity index is 1.78. The molecule has 3 rings (SSSR count). The third kappa shape index (κ3) is 5.36. The average molecular weight is 394 g/mol. The number of hydrogen-bond acceptors (Lipinski definition) is 4. The van der Waals surface area contributed by atoms with Crippen LogP contribution in [0.1, 0.15) is 49.4 Å². The molecule has 0 bridgehead atoms. The molecule has 2 aliphatic rings. The monoisotopic (exact) mass is 393 g/mol. The van der Waals surface area contributed by atoms with E-state index in [-0.39, 0.29) is 17.9 Å². The van der Waals surface area contributed by atoms with Crippen LogP contribution in [-0.4, -0.2) is 49.5 Å². The van der Waals surface area contributed by atoms with Gasteiger partial charge in [-0.2, -0.15) is 0 Å². The Labute approximate surface area is 165 Å². The number of carbonyl (C=O) groups is 2. The summed E-state index contributed by atoms with van der Waals surface area (Å²) in [5.41, 5.74) is 2.07. The minimum absolute atomic E-state index is 0.0902. The van der Waals surface area contributed by atoms with Gasteiger partial charge in [-0.05, 0) is 57.2 Å². The zero-order valence-electron chi connectivity index (χ0n) is 15.8. The number of carbonyl (C=O) groups excluding carboxylic acids is 2. The van der Waals surface area contributed by atoms with Crippen molar-refractivity contribution in [3.05, 3.63) is 23.8 Å². The fourth-order valence-electron chi connectivity index (χ4n) is 3.56. The van der Waals surface area contributed by atoms with Gasteiger partial charge in [0, 0.05) is 37.6 Å². The van der Waals surface area contributed by atoms with Gasteiger partial charge in [0.25, 0.3) is 5.91 Å². The lowest BCUT2D eigenvalue weighted by Gasteiger charge is -2.30. The van der Waals surface area contributed by atoms with Gasteiger partial charge in [-0.25, -0.2) is 0 Å². The van der Waals surface area contributed by atoms with Gasteiger partial charge in [0.2, 0.25) is 5.91 Å². The summed E-state index contributed by atoms with van der Waals surface area (Å²) in [6, 6.07) is 5.49. The van der Waals surface area contributed by atoms with E-state index in [0.717, 1.165) is 51.1 Å². The molecule has 2 unspecified atom stereocenters. The van der Waals surface area contributed by atoms with E-state index in [2.05, 4.69) is 15.5 Å². The molecule has 2 heterocycles. The fourth-order valence-corrected chi connectivity index (χ4v) is 3.61. The second kappa shape index (κ2) is 9.42. The molecular formula is C20H28ClN3O3. The SMILES string of the molecule is CC(Cl)C(=O)Nc1ccc(N2CCCCC2)c(C(=O)NCC2CCCO2)c1. The van der Waals surface area contributed by atoms with Gasteiger partial charge < -0.3 is 20.3 Å². The summed E-state index contributed by atoms with van der Waals surface area (Å²) in [5.74, 6) is -0.422. The Morgan fingerprint density at radius 3 is 2.70 bits per heavy atom. The molecule has 0 radical (unpaired) electrons. The maximum atomic E-state index is 12.9. The molecule has 0 saturated carbocycles. The van der Waals surface area contributed by atoms with E-state index in [9.17, 15) is 9.59 Å². The van der Waals surface area contributed by atoms with Crippen LogP contribution in [0.5, 0.6) is 0 Å². The predicted octanol–water partition coefficient (Wildman–Crippen LogP) is 3.15. The van der Waals surface area contributed by atoms with Gasteiger partial charge in [-0.1, -0.05) is 0 Å². The van der Waals surface area contributed by atoms with Crippen molar-refractivity contribution in [2.24, 2.45) is 0 Å². The molecule has 7 heteroatoms. The quantitative estimate of drug-likeness (QED) is 0.728. The van der Waals surface area contributed by atoms with Crippen molar-refractivity contribution >= 4 is 34.8 Å². The molecule has 0 spiro atoms. The van der Waals surface area contributed by atoms with E-state index in [4.69, 9.17) is 16.3 Å². The molecule has 2 N–H and O–H groups in total. The van der Waals surface area contributed by atoms with Crippen LogP contribution in [0.15, 0.2) is 18.2 Å². The number of piperidine rings is 1. The number of hydrogen-bond donors (Lipinski definition) is 2. The molecule has 2 aliphatic heterocycles. The van der Waals surface area contributed by atoms with Crippen LogP contribution in [0.3, 0.4) is 0 Å². The van der Waals surface area contributed by atoms with Crippen LogP contribution >= 0.6 is 11.6 Å². The van der Waals surface area contributed by atoms with Gasteiger partial charge >= 0.3 is 0 Å². The standard InChI is InChI=1S/C20H28ClN3O3/c1-14(21)19(25)23-15-7-8-18(24-9-3-2-4-10-24)17(12-15)20(26)22-13-16-6-5-11-27-16/h7-8,12,14,16H,2-6,9-11,13H2,1H3,(H,22,26)(H,23,25). The number of ether oxygens (including phenoxy) is 1. The minimum Gasteiger partial charge on any atom is -0.376 e. The third-order valence-electron chi connectivity index (χ3n) is 5.08. The van der Waals surface area contributed by atoms with Crippen molar-refractivity contribution < 1.29 is 14.3 Å². The van der Waals surface area contributed by atoms with Gasteiger partial charge in [0.15, 0.2) is 0 Å². The second-order valence-corrected chi connectivity index (χ2v) is 7.88. The number of nitrogens with zero attached hydrogens (tertiary/aromatic N) is 1.